The van der Waals surface area contributed by atoms with Gasteiger partial charge in [-0.25, -0.2) is 8.78 Å². The van der Waals surface area contributed by atoms with Gasteiger partial charge in [-0.05, 0) is 36.8 Å². The summed E-state index contributed by atoms with van der Waals surface area (Å²) in [5, 5.41) is 7.41. The van der Waals surface area contributed by atoms with E-state index in [4.69, 9.17) is 41.2 Å². The molecule has 1 atom stereocenters. The zero-order valence-electron chi connectivity index (χ0n) is 15.2. The minimum absolute atomic E-state index is 0.0323. The molecule has 0 aromatic heterocycles. The van der Waals surface area contributed by atoms with Crippen molar-refractivity contribution in [2.75, 3.05) is 22.5 Å². The number of anilines is 3. The van der Waals surface area contributed by atoms with Gasteiger partial charge in [0.25, 0.3) is 5.91 Å². The number of carbonyl (C=O) groups is 2. The Bertz CT molecular complexity index is 1070. The molecule has 1 fully saturated rings. The highest BCUT2D eigenvalue weighted by Gasteiger charge is 2.56. The van der Waals surface area contributed by atoms with Gasteiger partial charge >= 0.3 is 0 Å². The lowest BCUT2D eigenvalue weighted by atomic mass is 10.1. The van der Waals surface area contributed by atoms with E-state index in [2.05, 4.69) is 21.9 Å². The fraction of sp³-hybridized carbons (Fsp3) is 0.200. The minimum atomic E-state index is -1.10. The van der Waals surface area contributed by atoms with Crippen molar-refractivity contribution in [1.82, 2.24) is 0 Å². The second-order valence-corrected chi connectivity index (χ2v) is 8.45. The third-order valence-electron chi connectivity index (χ3n) is 4.33. The number of hydrogen-bond donors (Lipinski definition) is 3. The predicted octanol–water partition coefficient (Wildman–Crippen LogP) is 5.05. The average Bonchev–Trinajstić information content (AvgIpc) is 3.34. The number of amides is 2. The van der Waals surface area contributed by atoms with Crippen molar-refractivity contribution in [2.24, 2.45) is 5.92 Å². The Kier molecular flexibility index (Phi) is 6.41. The zero-order chi connectivity index (χ0) is 22.1. The van der Waals surface area contributed by atoms with Crippen molar-refractivity contribution >= 4 is 63.7 Å². The van der Waals surface area contributed by atoms with Gasteiger partial charge in [-0.2, -0.15) is 0 Å². The molecule has 30 heavy (non-hydrogen) atoms. The van der Waals surface area contributed by atoms with Gasteiger partial charge in [0.05, 0.1) is 28.7 Å². The van der Waals surface area contributed by atoms with Crippen LogP contribution in [0.2, 0.25) is 5.02 Å². The Labute approximate surface area is 186 Å². The second-order valence-electron chi connectivity index (χ2n) is 6.50. The molecular formula is C20H14Cl3F2N3O2. The Hall–Kier alpha value is -2.53. The third kappa shape index (κ3) is 4.78. The van der Waals surface area contributed by atoms with Gasteiger partial charge in [0, 0.05) is 5.69 Å². The second kappa shape index (κ2) is 8.68. The fourth-order valence-corrected chi connectivity index (χ4v) is 3.35. The number of halogens is 5. The van der Waals surface area contributed by atoms with E-state index in [0.29, 0.717) is 6.42 Å². The summed E-state index contributed by atoms with van der Waals surface area (Å²) in [5.41, 5.74) is -0.497. The van der Waals surface area contributed by atoms with Gasteiger partial charge in [0.2, 0.25) is 5.91 Å². The molecule has 3 N–H and O–H groups in total. The molecule has 2 aromatic carbocycles. The molecule has 1 aliphatic carbocycles. The van der Waals surface area contributed by atoms with E-state index in [0.717, 1.165) is 12.1 Å². The van der Waals surface area contributed by atoms with E-state index in [-0.39, 0.29) is 28.5 Å². The number of carbonyl (C=O) groups excluding carboxylic acids is 2. The van der Waals surface area contributed by atoms with Gasteiger partial charge in [-0.1, -0.05) is 17.5 Å². The molecule has 2 amide bonds. The standard InChI is InChI=1S/C20H14Cl3F2N3O2/c1-2-7-26-17-14(24)5-6-15(16(17)25)28-18(29)11-8-10(3-4-13(11)21)27-19(30)12-9-20(12,22)23/h1,3-6,8,12,26H,7,9H2,(H,27,30)(H,28,29). The van der Waals surface area contributed by atoms with Crippen LogP contribution in [0.5, 0.6) is 0 Å². The van der Waals surface area contributed by atoms with Crippen LogP contribution in [-0.4, -0.2) is 22.7 Å². The highest BCUT2D eigenvalue weighted by Crippen LogP contribution is 2.53. The van der Waals surface area contributed by atoms with Crippen LogP contribution in [0.15, 0.2) is 30.3 Å². The number of hydrogen-bond acceptors (Lipinski definition) is 3. The van der Waals surface area contributed by atoms with Crippen LogP contribution in [0.3, 0.4) is 0 Å². The van der Waals surface area contributed by atoms with Gasteiger partial charge in [0.1, 0.15) is 15.8 Å². The fourth-order valence-electron chi connectivity index (χ4n) is 2.64. The summed E-state index contributed by atoms with van der Waals surface area (Å²) in [5.74, 6) is -1.40. The van der Waals surface area contributed by atoms with E-state index < -0.39 is 39.4 Å². The number of alkyl halides is 2. The highest BCUT2D eigenvalue weighted by atomic mass is 35.5. The summed E-state index contributed by atoms with van der Waals surface area (Å²) in [6.07, 6.45) is 5.41. The molecule has 0 saturated heterocycles. The quantitative estimate of drug-likeness (QED) is 0.407. The number of benzene rings is 2. The average molecular weight is 473 g/mol. The van der Waals surface area contributed by atoms with Gasteiger partial charge in [-0.3, -0.25) is 9.59 Å². The summed E-state index contributed by atoms with van der Waals surface area (Å²) in [6, 6.07) is 6.26. The lowest BCUT2D eigenvalue weighted by Gasteiger charge is -2.13. The lowest BCUT2D eigenvalue weighted by molar-refractivity contribution is -0.117. The Balaban J connectivity index is 1.79. The molecule has 1 unspecified atom stereocenters. The first-order chi connectivity index (χ1) is 14.1. The van der Waals surface area contributed by atoms with Gasteiger partial charge in [-0.15, -0.1) is 29.6 Å². The summed E-state index contributed by atoms with van der Waals surface area (Å²) >= 11 is 17.8. The summed E-state index contributed by atoms with van der Waals surface area (Å²) in [6.45, 7) is -0.105. The zero-order valence-corrected chi connectivity index (χ0v) is 17.4. The van der Waals surface area contributed by atoms with E-state index in [1.807, 2.05) is 0 Å². The van der Waals surface area contributed by atoms with Gasteiger partial charge in [0.15, 0.2) is 5.82 Å². The lowest BCUT2D eigenvalue weighted by Crippen LogP contribution is -2.18. The molecule has 1 aliphatic rings. The van der Waals surface area contributed by atoms with E-state index in [1.54, 1.807) is 0 Å². The largest absolute Gasteiger partial charge is 0.369 e. The molecule has 0 radical (unpaired) electrons. The van der Waals surface area contributed by atoms with Crippen molar-refractivity contribution in [3.05, 3.63) is 52.6 Å². The maximum Gasteiger partial charge on any atom is 0.257 e. The SMILES string of the molecule is C#CCNc1c(F)ccc(NC(=O)c2cc(NC(=O)C3CC3(Cl)Cl)ccc2Cl)c1F. The molecule has 0 heterocycles. The van der Waals surface area contributed by atoms with Crippen LogP contribution in [0, 0.1) is 29.9 Å². The van der Waals surface area contributed by atoms with Crippen molar-refractivity contribution in [3.63, 3.8) is 0 Å². The van der Waals surface area contributed by atoms with Gasteiger partial charge < -0.3 is 16.0 Å². The smallest absolute Gasteiger partial charge is 0.257 e. The summed E-state index contributed by atoms with van der Waals surface area (Å²) in [7, 11) is 0. The van der Waals surface area contributed by atoms with Crippen molar-refractivity contribution in [3.8, 4) is 12.3 Å². The van der Waals surface area contributed by atoms with Crippen LogP contribution in [0.25, 0.3) is 0 Å². The Morgan fingerprint density at radius 1 is 1.20 bits per heavy atom. The number of rotatable bonds is 6. The van der Waals surface area contributed by atoms with E-state index >= 15 is 0 Å². The van der Waals surface area contributed by atoms with Crippen LogP contribution in [0.4, 0.5) is 25.8 Å². The molecule has 0 bridgehead atoms. The Morgan fingerprint density at radius 2 is 1.90 bits per heavy atom. The van der Waals surface area contributed by atoms with Crippen molar-refractivity contribution < 1.29 is 18.4 Å². The van der Waals surface area contributed by atoms with Crippen LogP contribution < -0.4 is 16.0 Å². The molecule has 156 valence electrons. The van der Waals surface area contributed by atoms with Crippen LogP contribution >= 0.6 is 34.8 Å². The molecule has 0 aliphatic heterocycles. The number of nitrogens with one attached hydrogen (secondary N) is 3. The first kappa shape index (κ1) is 22.2. The monoisotopic (exact) mass is 471 g/mol. The normalized spacial score (nSPS) is 16.3. The maximum atomic E-state index is 14.6. The van der Waals surface area contributed by atoms with Crippen LogP contribution in [-0.2, 0) is 4.79 Å². The first-order valence-electron chi connectivity index (χ1n) is 8.59. The van der Waals surface area contributed by atoms with Crippen molar-refractivity contribution in [1.29, 1.82) is 0 Å². The predicted molar refractivity (Wildman–Crippen MR) is 114 cm³/mol. The summed E-state index contributed by atoms with van der Waals surface area (Å²) < 4.78 is 27.3. The third-order valence-corrected chi connectivity index (χ3v) is 5.49. The first-order valence-corrected chi connectivity index (χ1v) is 9.72. The van der Waals surface area contributed by atoms with Crippen LogP contribution in [0.1, 0.15) is 16.8 Å². The summed E-state index contributed by atoms with van der Waals surface area (Å²) in [4.78, 5) is 24.7. The minimum Gasteiger partial charge on any atom is -0.369 e. The Morgan fingerprint density at radius 3 is 2.53 bits per heavy atom. The molecule has 1 saturated carbocycles. The van der Waals surface area contributed by atoms with Crippen molar-refractivity contribution in [2.45, 2.75) is 10.8 Å². The molecule has 0 spiro atoms. The molecular weight excluding hydrogens is 459 g/mol. The highest BCUT2D eigenvalue weighted by molar-refractivity contribution is 6.52. The molecule has 2 aromatic rings. The number of terminal acetylenes is 1. The maximum absolute atomic E-state index is 14.6. The molecule has 3 rings (SSSR count). The topological polar surface area (TPSA) is 70.2 Å². The van der Waals surface area contributed by atoms with E-state index in [1.165, 1.54) is 18.2 Å². The van der Waals surface area contributed by atoms with E-state index in [9.17, 15) is 18.4 Å². The molecule has 10 heteroatoms. The molecule has 5 nitrogen and oxygen atoms in total.